The zero-order chi connectivity index (χ0) is 10.6. The van der Waals surface area contributed by atoms with Crippen molar-refractivity contribution in [1.29, 1.82) is 0 Å². The van der Waals surface area contributed by atoms with Crippen molar-refractivity contribution in [1.82, 2.24) is 5.32 Å². The molecule has 1 aliphatic rings. The lowest BCUT2D eigenvalue weighted by molar-refractivity contribution is 0.0803. The normalized spacial score (nSPS) is 24.6. The molecule has 0 saturated heterocycles. The molecule has 0 radical (unpaired) electrons. The van der Waals surface area contributed by atoms with E-state index in [2.05, 4.69) is 5.32 Å². The summed E-state index contributed by atoms with van der Waals surface area (Å²) in [6, 6.07) is -0.0456. The van der Waals surface area contributed by atoms with E-state index in [-0.39, 0.29) is 17.9 Å². The van der Waals surface area contributed by atoms with Crippen LogP contribution in [0.4, 0.5) is 0 Å². The molecule has 0 spiro atoms. The van der Waals surface area contributed by atoms with Crippen LogP contribution in [0.25, 0.3) is 0 Å². The van der Waals surface area contributed by atoms with Gasteiger partial charge in [0.1, 0.15) is 0 Å². The molecule has 1 heterocycles. The molecule has 14 heavy (non-hydrogen) atoms. The quantitative estimate of drug-likeness (QED) is 0.676. The van der Waals surface area contributed by atoms with Gasteiger partial charge < -0.3 is 10.1 Å². The molecule has 1 aliphatic heterocycles. The van der Waals surface area contributed by atoms with Gasteiger partial charge in [0, 0.05) is 18.0 Å². The van der Waals surface area contributed by atoms with E-state index < -0.39 is 9.84 Å². The zero-order valence-corrected chi connectivity index (χ0v) is 9.38. The van der Waals surface area contributed by atoms with Gasteiger partial charge in [0.15, 0.2) is 9.84 Å². The van der Waals surface area contributed by atoms with Crippen LogP contribution in [0.1, 0.15) is 13.8 Å². The minimum Gasteiger partial charge on any atom is -0.377 e. The van der Waals surface area contributed by atoms with Crippen LogP contribution < -0.4 is 5.32 Å². The summed E-state index contributed by atoms with van der Waals surface area (Å²) in [7, 11) is -2.93. The fourth-order valence-electron chi connectivity index (χ4n) is 1.24. The number of nitrogens with one attached hydrogen (secondary N) is 1. The largest absolute Gasteiger partial charge is 0.377 e. The van der Waals surface area contributed by atoms with Gasteiger partial charge in [-0.1, -0.05) is 6.08 Å². The Morgan fingerprint density at radius 1 is 1.57 bits per heavy atom. The first-order chi connectivity index (χ1) is 6.49. The summed E-state index contributed by atoms with van der Waals surface area (Å²) >= 11 is 0. The molecule has 0 fully saturated rings. The van der Waals surface area contributed by atoms with Crippen molar-refractivity contribution in [2.24, 2.45) is 0 Å². The Balaban J connectivity index is 2.13. The topological polar surface area (TPSA) is 55.4 Å². The van der Waals surface area contributed by atoms with Crippen LogP contribution in [0.2, 0.25) is 0 Å². The van der Waals surface area contributed by atoms with Crippen LogP contribution in [0, 0.1) is 0 Å². The summed E-state index contributed by atoms with van der Waals surface area (Å²) in [6.07, 6.45) is 1.91. The maximum Gasteiger partial charge on any atom is 0.173 e. The minimum atomic E-state index is -2.93. The molecule has 5 heteroatoms. The molecule has 1 rings (SSSR count). The van der Waals surface area contributed by atoms with E-state index in [1.807, 2.05) is 13.8 Å². The van der Waals surface area contributed by atoms with Gasteiger partial charge in [-0.05, 0) is 13.8 Å². The van der Waals surface area contributed by atoms with Crippen LogP contribution >= 0.6 is 0 Å². The number of hydrogen-bond acceptors (Lipinski definition) is 4. The number of sulfone groups is 1. The van der Waals surface area contributed by atoms with E-state index in [0.29, 0.717) is 13.2 Å². The predicted molar refractivity (Wildman–Crippen MR) is 55.8 cm³/mol. The standard InChI is InChI=1S/C9H17NO3S/c1-8(2)13-5-4-10-9-3-6-14(11,12)7-9/h3,6,8-10H,4-5,7H2,1-2H3. The van der Waals surface area contributed by atoms with Gasteiger partial charge >= 0.3 is 0 Å². The molecule has 1 atom stereocenters. The molecular weight excluding hydrogens is 202 g/mol. The summed E-state index contributed by atoms with van der Waals surface area (Å²) in [6.45, 7) is 5.24. The molecule has 0 aliphatic carbocycles. The maximum atomic E-state index is 11.0. The maximum absolute atomic E-state index is 11.0. The molecule has 82 valence electrons. The van der Waals surface area contributed by atoms with Crippen LogP contribution in [0.5, 0.6) is 0 Å². The molecular formula is C9H17NO3S. The molecule has 0 saturated carbocycles. The first kappa shape index (κ1) is 11.7. The minimum absolute atomic E-state index is 0.0456. The highest BCUT2D eigenvalue weighted by atomic mass is 32.2. The molecule has 0 bridgehead atoms. The van der Waals surface area contributed by atoms with Crippen LogP contribution in [-0.4, -0.2) is 39.5 Å². The fraction of sp³-hybridized carbons (Fsp3) is 0.778. The number of hydrogen-bond donors (Lipinski definition) is 1. The Labute approximate surface area is 85.3 Å². The third kappa shape index (κ3) is 4.21. The van der Waals surface area contributed by atoms with Crippen molar-refractivity contribution in [3.8, 4) is 0 Å². The van der Waals surface area contributed by atoms with Crippen molar-refractivity contribution in [3.05, 3.63) is 11.5 Å². The van der Waals surface area contributed by atoms with Crippen molar-refractivity contribution in [3.63, 3.8) is 0 Å². The summed E-state index contributed by atoms with van der Waals surface area (Å²) in [5, 5.41) is 4.37. The van der Waals surface area contributed by atoms with E-state index in [1.54, 1.807) is 6.08 Å². The van der Waals surface area contributed by atoms with Gasteiger partial charge in [-0.15, -0.1) is 0 Å². The lowest BCUT2D eigenvalue weighted by atomic mass is 10.3. The van der Waals surface area contributed by atoms with Crippen molar-refractivity contribution < 1.29 is 13.2 Å². The first-order valence-electron chi connectivity index (χ1n) is 4.75. The van der Waals surface area contributed by atoms with Crippen molar-refractivity contribution in [2.75, 3.05) is 18.9 Å². The second-order valence-electron chi connectivity index (χ2n) is 3.64. The van der Waals surface area contributed by atoms with Gasteiger partial charge in [-0.2, -0.15) is 0 Å². The summed E-state index contributed by atoms with van der Waals surface area (Å²) < 4.78 is 27.4. The van der Waals surface area contributed by atoms with Crippen LogP contribution in [0.15, 0.2) is 11.5 Å². The Kier molecular flexibility index (Phi) is 4.10. The number of rotatable bonds is 5. The highest BCUT2D eigenvalue weighted by Crippen LogP contribution is 2.07. The molecule has 0 amide bonds. The van der Waals surface area contributed by atoms with E-state index in [9.17, 15) is 8.42 Å². The third-order valence-electron chi connectivity index (χ3n) is 1.89. The molecule has 0 aromatic carbocycles. The Morgan fingerprint density at radius 3 is 2.79 bits per heavy atom. The van der Waals surface area contributed by atoms with Crippen LogP contribution in [0.3, 0.4) is 0 Å². The van der Waals surface area contributed by atoms with Gasteiger partial charge in [-0.3, -0.25) is 0 Å². The predicted octanol–water partition coefficient (Wildman–Crippen LogP) is 0.312. The van der Waals surface area contributed by atoms with E-state index in [0.717, 1.165) is 0 Å². The van der Waals surface area contributed by atoms with Gasteiger partial charge in [0.05, 0.1) is 18.5 Å². The van der Waals surface area contributed by atoms with E-state index in [1.165, 1.54) is 5.41 Å². The van der Waals surface area contributed by atoms with Gasteiger partial charge in [-0.25, -0.2) is 8.42 Å². The number of ether oxygens (including phenoxy) is 1. The highest BCUT2D eigenvalue weighted by Gasteiger charge is 2.20. The van der Waals surface area contributed by atoms with E-state index in [4.69, 9.17) is 4.74 Å². The Hall–Kier alpha value is -0.390. The monoisotopic (exact) mass is 219 g/mol. The second kappa shape index (κ2) is 4.91. The Bertz CT molecular complexity index is 295. The smallest absolute Gasteiger partial charge is 0.173 e. The summed E-state index contributed by atoms with van der Waals surface area (Å²) in [5.41, 5.74) is 0. The molecule has 1 unspecified atom stereocenters. The van der Waals surface area contributed by atoms with Gasteiger partial charge in [0.25, 0.3) is 0 Å². The average molecular weight is 219 g/mol. The lowest BCUT2D eigenvalue weighted by Gasteiger charge is -2.11. The van der Waals surface area contributed by atoms with E-state index >= 15 is 0 Å². The lowest BCUT2D eigenvalue weighted by Crippen LogP contribution is -2.33. The molecule has 0 aromatic heterocycles. The molecule has 4 nitrogen and oxygen atoms in total. The molecule has 0 aromatic rings. The average Bonchev–Trinajstić information content (AvgIpc) is 2.39. The summed E-state index contributed by atoms with van der Waals surface area (Å²) in [5.74, 6) is 0.175. The Morgan fingerprint density at radius 2 is 2.29 bits per heavy atom. The van der Waals surface area contributed by atoms with Crippen molar-refractivity contribution in [2.45, 2.75) is 26.0 Å². The summed E-state index contributed by atoms with van der Waals surface area (Å²) in [4.78, 5) is 0. The SMILES string of the molecule is CC(C)OCCNC1C=CS(=O)(=O)C1. The second-order valence-corrected chi connectivity index (χ2v) is 5.57. The van der Waals surface area contributed by atoms with Crippen molar-refractivity contribution >= 4 is 9.84 Å². The fourth-order valence-corrected chi connectivity index (χ4v) is 2.51. The van der Waals surface area contributed by atoms with Gasteiger partial charge in [0.2, 0.25) is 0 Å². The third-order valence-corrected chi connectivity index (χ3v) is 3.29. The molecule has 1 N–H and O–H groups in total. The van der Waals surface area contributed by atoms with Crippen LogP contribution in [-0.2, 0) is 14.6 Å². The zero-order valence-electron chi connectivity index (χ0n) is 8.56. The highest BCUT2D eigenvalue weighted by molar-refractivity contribution is 7.94. The first-order valence-corrected chi connectivity index (χ1v) is 6.47.